The average molecular weight is 175 g/mol. The molecule has 0 spiro atoms. The lowest BCUT2D eigenvalue weighted by Gasteiger charge is -1.92. The summed E-state index contributed by atoms with van der Waals surface area (Å²) in [4.78, 5) is 0. The van der Waals surface area contributed by atoms with Gasteiger partial charge in [0.1, 0.15) is 0 Å². The Kier molecular flexibility index (Phi) is 28.6. The molecule has 0 aromatic rings. The second-order valence-corrected chi connectivity index (χ2v) is 1.70. The summed E-state index contributed by atoms with van der Waals surface area (Å²) in [5.74, 6) is 0. The SMILES string of the molecule is CCCCCOC.Cl.Cl. The van der Waals surface area contributed by atoms with Crippen molar-refractivity contribution in [1.29, 1.82) is 0 Å². The summed E-state index contributed by atoms with van der Waals surface area (Å²) >= 11 is 0. The summed E-state index contributed by atoms with van der Waals surface area (Å²) in [5.41, 5.74) is 0. The largest absolute Gasteiger partial charge is 0.385 e. The van der Waals surface area contributed by atoms with E-state index in [-0.39, 0.29) is 24.8 Å². The summed E-state index contributed by atoms with van der Waals surface area (Å²) in [6, 6.07) is 0. The second kappa shape index (κ2) is 15.8. The van der Waals surface area contributed by atoms with Crippen LogP contribution in [0, 0.1) is 0 Å². The summed E-state index contributed by atoms with van der Waals surface area (Å²) in [6.45, 7) is 3.11. The van der Waals surface area contributed by atoms with Crippen molar-refractivity contribution in [3.63, 3.8) is 0 Å². The van der Waals surface area contributed by atoms with E-state index in [2.05, 4.69) is 6.92 Å². The quantitative estimate of drug-likeness (QED) is 0.597. The lowest BCUT2D eigenvalue weighted by Crippen LogP contribution is -1.85. The fourth-order valence-corrected chi connectivity index (χ4v) is 0.496. The predicted molar refractivity (Wildman–Crippen MR) is 45.9 cm³/mol. The number of hydrogen-bond acceptors (Lipinski definition) is 1. The Morgan fingerprint density at radius 1 is 1.11 bits per heavy atom. The van der Waals surface area contributed by atoms with Gasteiger partial charge in [0.2, 0.25) is 0 Å². The topological polar surface area (TPSA) is 9.23 Å². The van der Waals surface area contributed by atoms with Crippen molar-refractivity contribution in [1.82, 2.24) is 0 Å². The Hall–Kier alpha value is 0.540. The molecule has 0 aromatic heterocycles. The van der Waals surface area contributed by atoms with Gasteiger partial charge in [-0.1, -0.05) is 19.8 Å². The third-order valence-corrected chi connectivity index (χ3v) is 0.952. The zero-order valence-corrected chi connectivity index (χ0v) is 7.69. The van der Waals surface area contributed by atoms with Crippen molar-refractivity contribution in [2.45, 2.75) is 26.2 Å². The molecule has 0 aromatic carbocycles. The Labute approximate surface area is 70.0 Å². The predicted octanol–water partition coefficient (Wildman–Crippen LogP) is 2.67. The standard InChI is InChI=1S/C6H14O.2ClH/c1-3-4-5-6-7-2;;/h3-6H2,1-2H3;2*1H. The van der Waals surface area contributed by atoms with Gasteiger partial charge in [0.15, 0.2) is 0 Å². The molecule has 0 radical (unpaired) electrons. The Morgan fingerprint density at radius 3 is 2.00 bits per heavy atom. The first-order valence-corrected chi connectivity index (χ1v) is 2.90. The molecule has 0 amide bonds. The fraction of sp³-hybridized carbons (Fsp3) is 1.00. The van der Waals surface area contributed by atoms with E-state index in [0.717, 1.165) is 6.61 Å². The highest BCUT2D eigenvalue weighted by molar-refractivity contribution is 5.85. The zero-order chi connectivity index (χ0) is 5.54. The Morgan fingerprint density at radius 2 is 1.67 bits per heavy atom. The van der Waals surface area contributed by atoms with Crippen LogP contribution in [0.5, 0.6) is 0 Å². The average Bonchev–Trinajstić information content (AvgIpc) is 1.69. The molecule has 0 heterocycles. The summed E-state index contributed by atoms with van der Waals surface area (Å²) in [5, 5.41) is 0. The van der Waals surface area contributed by atoms with Crippen LogP contribution in [-0.2, 0) is 4.74 Å². The van der Waals surface area contributed by atoms with E-state index in [0.29, 0.717) is 0 Å². The lowest BCUT2D eigenvalue weighted by molar-refractivity contribution is 0.192. The molecule has 0 saturated carbocycles. The van der Waals surface area contributed by atoms with Crippen molar-refractivity contribution in [2.24, 2.45) is 0 Å². The Balaban J connectivity index is -0.000000180. The molecule has 0 unspecified atom stereocenters. The zero-order valence-electron chi connectivity index (χ0n) is 6.05. The molecule has 0 aliphatic heterocycles. The summed E-state index contributed by atoms with van der Waals surface area (Å²) in [7, 11) is 1.75. The fourth-order valence-electron chi connectivity index (χ4n) is 0.496. The molecule has 0 aliphatic carbocycles. The van der Waals surface area contributed by atoms with Crippen LogP contribution in [0.4, 0.5) is 0 Å². The molecule has 60 valence electrons. The number of halogens is 2. The molecule has 0 aliphatic rings. The van der Waals surface area contributed by atoms with Gasteiger partial charge in [0.25, 0.3) is 0 Å². The van der Waals surface area contributed by atoms with E-state index in [4.69, 9.17) is 4.74 Å². The van der Waals surface area contributed by atoms with E-state index in [1.807, 2.05) is 0 Å². The normalized spacial score (nSPS) is 7.33. The molecular formula is C6H16Cl2O. The number of ether oxygens (including phenoxy) is 1. The molecule has 1 nitrogen and oxygen atoms in total. The van der Waals surface area contributed by atoms with E-state index >= 15 is 0 Å². The van der Waals surface area contributed by atoms with Gasteiger partial charge in [0.05, 0.1) is 0 Å². The first kappa shape index (κ1) is 16.3. The van der Waals surface area contributed by atoms with Gasteiger partial charge in [-0.05, 0) is 6.42 Å². The molecule has 9 heavy (non-hydrogen) atoms. The van der Waals surface area contributed by atoms with Crippen LogP contribution >= 0.6 is 24.8 Å². The maximum Gasteiger partial charge on any atom is 0.0462 e. The first-order valence-electron chi connectivity index (χ1n) is 2.90. The van der Waals surface area contributed by atoms with Crippen LogP contribution in [-0.4, -0.2) is 13.7 Å². The maximum atomic E-state index is 4.84. The van der Waals surface area contributed by atoms with Gasteiger partial charge in [-0.25, -0.2) is 0 Å². The monoisotopic (exact) mass is 174 g/mol. The van der Waals surface area contributed by atoms with E-state index in [1.54, 1.807) is 7.11 Å². The Bertz CT molecular complexity index is 30.2. The minimum absolute atomic E-state index is 0. The van der Waals surface area contributed by atoms with Crippen LogP contribution in [0.3, 0.4) is 0 Å². The van der Waals surface area contributed by atoms with Gasteiger partial charge >= 0.3 is 0 Å². The third-order valence-electron chi connectivity index (χ3n) is 0.952. The number of hydrogen-bond donors (Lipinski definition) is 0. The van der Waals surface area contributed by atoms with Crippen molar-refractivity contribution in [2.75, 3.05) is 13.7 Å². The van der Waals surface area contributed by atoms with Crippen LogP contribution < -0.4 is 0 Å². The van der Waals surface area contributed by atoms with Crippen LogP contribution in [0.2, 0.25) is 0 Å². The summed E-state index contributed by atoms with van der Waals surface area (Å²) < 4.78 is 4.84. The molecule has 0 saturated heterocycles. The minimum atomic E-state index is 0. The van der Waals surface area contributed by atoms with Gasteiger partial charge in [0, 0.05) is 13.7 Å². The van der Waals surface area contributed by atoms with Crippen molar-refractivity contribution in [3.8, 4) is 0 Å². The third kappa shape index (κ3) is 17.7. The van der Waals surface area contributed by atoms with Crippen molar-refractivity contribution < 1.29 is 4.74 Å². The van der Waals surface area contributed by atoms with E-state index in [1.165, 1.54) is 19.3 Å². The lowest BCUT2D eigenvalue weighted by atomic mass is 10.3. The molecular weight excluding hydrogens is 159 g/mol. The van der Waals surface area contributed by atoms with Crippen LogP contribution in [0.15, 0.2) is 0 Å². The van der Waals surface area contributed by atoms with Gasteiger partial charge in [-0.15, -0.1) is 24.8 Å². The van der Waals surface area contributed by atoms with Gasteiger partial charge < -0.3 is 4.74 Å². The molecule has 0 atom stereocenters. The van der Waals surface area contributed by atoms with Crippen molar-refractivity contribution >= 4 is 24.8 Å². The second-order valence-electron chi connectivity index (χ2n) is 1.70. The maximum absolute atomic E-state index is 4.84. The molecule has 0 bridgehead atoms. The van der Waals surface area contributed by atoms with E-state index < -0.39 is 0 Å². The molecule has 0 fully saturated rings. The van der Waals surface area contributed by atoms with Crippen LogP contribution in [0.25, 0.3) is 0 Å². The highest BCUT2D eigenvalue weighted by atomic mass is 35.5. The molecule has 3 heteroatoms. The molecule has 0 N–H and O–H groups in total. The van der Waals surface area contributed by atoms with Gasteiger partial charge in [-0.2, -0.15) is 0 Å². The summed E-state index contributed by atoms with van der Waals surface area (Å²) in [6.07, 6.45) is 3.80. The highest BCUT2D eigenvalue weighted by Gasteiger charge is 1.79. The highest BCUT2D eigenvalue weighted by Crippen LogP contribution is 1.91. The molecule has 0 rings (SSSR count). The number of rotatable bonds is 4. The number of methoxy groups -OCH3 is 1. The van der Waals surface area contributed by atoms with E-state index in [9.17, 15) is 0 Å². The smallest absolute Gasteiger partial charge is 0.0462 e. The van der Waals surface area contributed by atoms with Crippen LogP contribution in [0.1, 0.15) is 26.2 Å². The van der Waals surface area contributed by atoms with Crippen molar-refractivity contribution in [3.05, 3.63) is 0 Å². The minimum Gasteiger partial charge on any atom is -0.385 e. The number of unbranched alkanes of at least 4 members (excludes halogenated alkanes) is 2. The van der Waals surface area contributed by atoms with Gasteiger partial charge in [-0.3, -0.25) is 0 Å². The first-order chi connectivity index (χ1) is 3.41.